The summed E-state index contributed by atoms with van der Waals surface area (Å²) in [6, 6.07) is 7.19. The zero-order valence-electron chi connectivity index (χ0n) is 15.2. The summed E-state index contributed by atoms with van der Waals surface area (Å²) in [6.45, 7) is 2.68. The van der Waals surface area contributed by atoms with E-state index < -0.39 is 17.9 Å². The van der Waals surface area contributed by atoms with Crippen LogP contribution in [0, 0.1) is 0 Å². The van der Waals surface area contributed by atoms with Crippen molar-refractivity contribution < 1.29 is 19.1 Å². The second-order valence-electron chi connectivity index (χ2n) is 6.44. The Morgan fingerprint density at radius 2 is 1.65 bits per heavy atom. The van der Waals surface area contributed by atoms with Crippen LogP contribution in [0.15, 0.2) is 46.8 Å². The molecule has 138 valence electrons. The van der Waals surface area contributed by atoms with Gasteiger partial charge in [-0.3, -0.25) is 0 Å². The molecule has 1 atom stereocenters. The quantitative estimate of drug-likeness (QED) is 0.752. The summed E-state index contributed by atoms with van der Waals surface area (Å²) in [5, 5.41) is 0.594. The molecule has 3 rings (SSSR count). The Labute approximate surface area is 158 Å². The molecular formula is C20H22ClNO4. The van der Waals surface area contributed by atoms with Crippen molar-refractivity contribution in [2.24, 2.45) is 0 Å². The van der Waals surface area contributed by atoms with Gasteiger partial charge in [-0.25, -0.2) is 9.59 Å². The van der Waals surface area contributed by atoms with Gasteiger partial charge in [0, 0.05) is 23.0 Å². The van der Waals surface area contributed by atoms with Crippen LogP contribution in [0.2, 0.25) is 5.02 Å². The Hall–Kier alpha value is -2.27. The monoisotopic (exact) mass is 375 g/mol. The third-order valence-electron chi connectivity index (χ3n) is 5.07. The summed E-state index contributed by atoms with van der Waals surface area (Å²) < 4.78 is 10.1. The van der Waals surface area contributed by atoms with E-state index in [0.717, 1.165) is 42.8 Å². The SMILES string of the molecule is COC(=O)C1=C(C)N2CCCCC2=C(C(=O)OC)C1c1ccc(Cl)cc1. The van der Waals surface area contributed by atoms with Crippen LogP contribution in [-0.4, -0.2) is 37.6 Å². The Morgan fingerprint density at radius 3 is 2.27 bits per heavy atom. The number of esters is 2. The minimum atomic E-state index is -0.531. The Bertz CT molecular complexity index is 795. The molecule has 0 aromatic heterocycles. The molecule has 1 aromatic carbocycles. The van der Waals surface area contributed by atoms with Crippen LogP contribution in [0.25, 0.3) is 0 Å². The zero-order chi connectivity index (χ0) is 18.8. The number of carbonyl (C=O) groups is 2. The number of piperidine rings is 1. The molecule has 1 fully saturated rings. The fraction of sp³-hybridized carbons (Fsp3) is 0.400. The van der Waals surface area contributed by atoms with E-state index in [0.29, 0.717) is 16.2 Å². The topological polar surface area (TPSA) is 55.8 Å². The lowest BCUT2D eigenvalue weighted by Crippen LogP contribution is -2.38. The van der Waals surface area contributed by atoms with E-state index in [1.165, 1.54) is 14.2 Å². The minimum absolute atomic E-state index is 0.416. The van der Waals surface area contributed by atoms with Crippen LogP contribution in [0.5, 0.6) is 0 Å². The van der Waals surface area contributed by atoms with Gasteiger partial charge in [-0.2, -0.15) is 0 Å². The molecule has 2 aliphatic rings. The van der Waals surface area contributed by atoms with Crippen molar-refractivity contribution in [1.29, 1.82) is 0 Å². The van der Waals surface area contributed by atoms with Gasteiger partial charge < -0.3 is 14.4 Å². The smallest absolute Gasteiger partial charge is 0.336 e. The summed E-state index contributed by atoms with van der Waals surface area (Å²) in [4.78, 5) is 27.4. The molecule has 0 N–H and O–H groups in total. The fourth-order valence-corrected chi connectivity index (χ4v) is 3.98. The van der Waals surface area contributed by atoms with Gasteiger partial charge in [0.2, 0.25) is 0 Å². The van der Waals surface area contributed by atoms with Crippen LogP contribution in [0.3, 0.4) is 0 Å². The minimum Gasteiger partial charge on any atom is -0.466 e. The maximum absolute atomic E-state index is 12.7. The maximum atomic E-state index is 12.7. The number of carbonyl (C=O) groups excluding carboxylic acids is 2. The molecule has 5 nitrogen and oxygen atoms in total. The molecule has 0 saturated carbocycles. The molecule has 26 heavy (non-hydrogen) atoms. The number of nitrogens with zero attached hydrogens (tertiary/aromatic N) is 1. The number of allylic oxidation sites excluding steroid dienone is 2. The summed E-state index contributed by atoms with van der Waals surface area (Å²) >= 11 is 6.03. The standard InChI is InChI=1S/C20H22ClNO4/c1-12-16(19(23)25-2)17(13-7-9-14(21)10-8-13)18(20(24)26-3)15-6-4-5-11-22(12)15/h7-10,17H,4-6,11H2,1-3H3. The van der Waals surface area contributed by atoms with Crippen molar-refractivity contribution in [2.45, 2.75) is 32.1 Å². The Balaban J connectivity index is 2.26. The van der Waals surface area contributed by atoms with Gasteiger partial charge in [-0.05, 0) is 43.9 Å². The molecule has 0 amide bonds. The fourth-order valence-electron chi connectivity index (χ4n) is 3.86. The lowest BCUT2D eigenvalue weighted by atomic mass is 9.78. The molecule has 2 heterocycles. The van der Waals surface area contributed by atoms with Gasteiger partial charge in [0.1, 0.15) is 0 Å². The maximum Gasteiger partial charge on any atom is 0.336 e. The van der Waals surface area contributed by atoms with E-state index in [-0.39, 0.29) is 0 Å². The average molecular weight is 376 g/mol. The highest BCUT2D eigenvalue weighted by Gasteiger charge is 2.41. The van der Waals surface area contributed by atoms with Crippen molar-refractivity contribution in [3.05, 3.63) is 57.4 Å². The summed E-state index contributed by atoms with van der Waals surface area (Å²) in [7, 11) is 2.72. The molecule has 0 aliphatic carbocycles. The van der Waals surface area contributed by atoms with Gasteiger partial charge >= 0.3 is 11.9 Å². The van der Waals surface area contributed by atoms with Crippen LogP contribution in [0.1, 0.15) is 37.7 Å². The van der Waals surface area contributed by atoms with E-state index in [1.54, 1.807) is 12.1 Å². The number of hydrogen-bond acceptors (Lipinski definition) is 5. The third-order valence-corrected chi connectivity index (χ3v) is 5.32. The van der Waals surface area contributed by atoms with Gasteiger partial charge in [-0.1, -0.05) is 23.7 Å². The predicted molar refractivity (Wildman–Crippen MR) is 98.5 cm³/mol. The number of benzene rings is 1. The van der Waals surface area contributed by atoms with E-state index in [9.17, 15) is 9.59 Å². The van der Waals surface area contributed by atoms with Crippen LogP contribution >= 0.6 is 11.6 Å². The number of ether oxygens (including phenoxy) is 2. The van der Waals surface area contributed by atoms with Crippen molar-refractivity contribution in [2.75, 3.05) is 20.8 Å². The van der Waals surface area contributed by atoms with Crippen molar-refractivity contribution in [3.63, 3.8) is 0 Å². The highest BCUT2D eigenvalue weighted by atomic mass is 35.5. The van der Waals surface area contributed by atoms with Crippen molar-refractivity contribution in [1.82, 2.24) is 4.90 Å². The first-order valence-corrected chi connectivity index (χ1v) is 9.00. The Morgan fingerprint density at radius 1 is 1.04 bits per heavy atom. The lowest BCUT2D eigenvalue weighted by Gasteiger charge is -2.41. The van der Waals surface area contributed by atoms with E-state index in [4.69, 9.17) is 21.1 Å². The van der Waals surface area contributed by atoms with Gasteiger partial charge in [0.15, 0.2) is 0 Å². The normalized spacial score (nSPS) is 20.0. The average Bonchev–Trinajstić information content (AvgIpc) is 2.67. The zero-order valence-corrected chi connectivity index (χ0v) is 15.9. The second kappa shape index (κ2) is 7.54. The number of hydrogen-bond donors (Lipinski definition) is 0. The first kappa shape index (κ1) is 18.5. The third kappa shape index (κ3) is 3.12. The number of methoxy groups -OCH3 is 2. The van der Waals surface area contributed by atoms with Crippen LogP contribution < -0.4 is 0 Å². The molecule has 0 radical (unpaired) electrons. The molecule has 2 aliphatic heterocycles. The molecule has 0 spiro atoms. The second-order valence-corrected chi connectivity index (χ2v) is 6.87. The number of rotatable bonds is 3. The first-order chi connectivity index (χ1) is 12.5. The predicted octanol–water partition coefficient (Wildman–Crippen LogP) is 3.80. The largest absolute Gasteiger partial charge is 0.466 e. The van der Waals surface area contributed by atoms with Crippen LogP contribution in [-0.2, 0) is 19.1 Å². The van der Waals surface area contributed by atoms with Crippen molar-refractivity contribution >= 4 is 23.5 Å². The molecule has 6 heteroatoms. The Kier molecular flexibility index (Phi) is 5.37. The van der Waals surface area contributed by atoms with Gasteiger partial charge in [-0.15, -0.1) is 0 Å². The highest BCUT2D eigenvalue weighted by Crippen LogP contribution is 2.45. The molecule has 1 aromatic rings. The van der Waals surface area contributed by atoms with E-state index >= 15 is 0 Å². The van der Waals surface area contributed by atoms with E-state index in [2.05, 4.69) is 4.90 Å². The highest BCUT2D eigenvalue weighted by molar-refractivity contribution is 6.30. The summed E-state index contributed by atoms with van der Waals surface area (Å²) in [5.74, 6) is -1.38. The summed E-state index contributed by atoms with van der Waals surface area (Å²) in [5.41, 5.74) is 3.57. The number of fused-ring (bicyclic) bond motifs is 1. The van der Waals surface area contributed by atoms with Crippen molar-refractivity contribution in [3.8, 4) is 0 Å². The lowest BCUT2D eigenvalue weighted by molar-refractivity contribution is -0.137. The molecule has 1 saturated heterocycles. The van der Waals surface area contributed by atoms with Gasteiger partial charge in [0.05, 0.1) is 31.3 Å². The van der Waals surface area contributed by atoms with Gasteiger partial charge in [0.25, 0.3) is 0 Å². The van der Waals surface area contributed by atoms with Crippen LogP contribution in [0.4, 0.5) is 0 Å². The molecule has 0 bridgehead atoms. The number of halogens is 1. The van der Waals surface area contributed by atoms with E-state index in [1.807, 2.05) is 19.1 Å². The summed E-state index contributed by atoms with van der Waals surface area (Å²) in [6.07, 6.45) is 2.79. The first-order valence-electron chi connectivity index (χ1n) is 8.63. The molecular weight excluding hydrogens is 354 g/mol. The molecule has 1 unspecified atom stereocenters.